The maximum Gasteiger partial charge on any atom is 0.150 e. The Morgan fingerprint density at radius 1 is 1.43 bits per heavy atom. The SMILES string of the molecule is CCCCC=CN1CC(C)C[Si]1(C)C. The summed E-state index contributed by atoms with van der Waals surface area (Å²) in [5.74, 6) is 0.910. The summed E-state index contributed by atoms with van der Waals surface area (Å²) >= 11 is 0. The highest BCUT2D eigenvalue weighted by atomic mass is 28.3. The fourth-order valence-electron chi connectivity index (χ4n) is 2.40. The van der Waals surface area contributed by atoms with Crippen LogP contribution in [-0.4, -0.2) is 19.3 Å². The normalized spacial score (nSPS) is 26.3. The smallest absolute Gasteiger partial charge is 0.150 e. The van der Waals surface area contributed by atoms with Crippen LogP contribution >= 0.6 is 0 Å². The third-order valence-electron chi connectivity index (χ3n) is 3.14. The van der Waals surface area contributed by atoms with Gasteiger partial charge in [0.1, 0.15) is 8.24 Å². The minimum atomic E-state index is -1.05. The van der Waals surface area contributed by atoms with E-state index < -0.39 is 8.24 Å². The number of allylic oxidation sites excluding steroid dienone is 1. The van der Waals surface area contributed by atoms with Gasteiger partial charge in [0, 0.05) is 6.54 Å². The number of hydrogen-bond donors (Lipinski definition) is 0. The first-order valence-corrected chi connectivity index (χ1v) is 9.15. The fourth-order valence-corrected chi connectivity index (χ4v) is 5.79. The lowest BCUT2D eigenvalue weighted by Gasteiger charge is -2.28. The van der Waals surface area contributed by atoms with Crippen molar-refractivity contribution in [1.82, 2.24) is 4.57 Å². The lowest BCUT2D eigenvalue weighted by atomic mass is 10.2. The second kappa shape index (κ2) is 5.01. The van der Waals surface area contributed by atoms with Crippen LogP contribution in [0.2, 0.25) is 19.1 Å². The second-order valence-electron chi connectivity index (χ2n) is 5.30. The lowest BCUT2D eigenvalue weighted by molar-refractivity contribution is 0.524. The van der Waals surface area contributed by atoms with E-state index in [2.05, 4.69) is 43.8 Å². The van der Waals surface area contributed by atoms with Crippen molar-refractivity contribution in [2.45, 2.75) is 52.2 Å². The van der Waals surface area contributed by atoms with Crippen molar-refractivity contribution in [2.24, 2.45) is 5.92 Å². The van der Waals surface area contributed by atoms with Crippen LogP contribution in [-0.2, 0) is 0 Å². The molecular formula is C12H25NSi. The van der Waals surface area contributed by atoms with Gasteiger partial charge >= 0.3 is 0 Å². The van der Waals surface area contributed by atoms with E-state index in [-0.39, 0.29) is 0 Å². The molecule has 0 bridgehead atoms. The van der Waals surface area contributed by atoms with Gasteiger partial charge in [-0.2, -0.15) is 0 Å². The standard InChI is InChI=1S/C12H25NSi/c1-5-6-7-8-9-13-10-12(2)11-14(13,3)4/h8-9,12H,5-7,10-11H2,1-4H3. The molecule has 0 aromatic carbocycles. The molecule has 0 saturated carbocycles. The maximum atomic E-state index is 2.65. The molecule has 0 aromatic rings. The van der Waals surface area contributed by atoms with E-state index in [1.807, 2.05) is 0 Å². The zero-order valence-electron chi connectivity index (χ0n) is 10.2. The minimum Gasteiger partial charge on any atom is -0.403 e. The molecule has 14 heavy (non-hydrogen) atoms. The Morgan fingerprint density at radius 3 is 2.64 bits per heavy atom. The number of nitrogens with zero attached hydrogens (tertiary/aromatic N) is 1. The molecule has 1 heterocycles. The summed E-state index contributed by atoms with van der Waals surface area (Å²) in [4.78, 5) is 0. The number of unbranched alkanes of at least 4 members (excludes halogenated alkanes) is 2. The van der Waals surface area contributed by atoms with Gasteiger partial charge in [-0.05, 0) is 24.6 Å². The van der Waals surface area contributed by atoms with Gasteiger partial charge in [-0.3, -0.25) is 0 Å². The van der Waals surface area contributed by atoms with Crippen molar-refractivity contribution < 1.29 is 0 Å². The van der Waals surface area contributed by atoms with Crippen molar-refractivity contribution in [1.29, 1.82) is 0 Å². The molecule has 0 amide bonds. The van der Waals surface area contributed by atoms with Gasteiger partial charge in [0.2, 0.25) is 0 Å². The van der Waals surface area contributed by atoms with Crippen LogP contribution in [0.4, 0.5) is 0 Å². The molecule has 82 valence electrons. The molecule has 0 radical (unpaired) electrons. The topological polar surface area (TPSA) is 3.24 Å². The van der Waals surface area contributed by atoms with Gasteiger partial charge in [-0.1, -0.05) is 45.9 Å². The van der Waals surface area contributed by atoms with E-state index in [9.17, 15) is 0 Å². The monoisotopic (exact) mass is 211 g/mol. The van der Waals surface area contributed by atoms with Crippen molar-refractivity contribution in [3.63, 3.8) is 0 Å². The third-order valence-corrected chi connectivity index (χ3v) is 6.73. The van der Waals surface area contributed by atoms with Crippen LogP contribution in [0.15, 0.2) is 12.3 Å². The van der Waals surface area contributed by atoms with Gasteiger partial charge in [0.05, 0.1) is 0 Å². The van der Waals surface area contributed by atoms with Crippen molar-refractivity contribution in [3.8, 4) is 0 Å². The number of hydrogen-bond acceptors (Lipinski definition) is 1. The van der Waals surface area contributed by atoms with Crippen LogP contribution in [0, 0.1) is 5.92 Å². The van der Waals surface area contributed by atoms with E-state index in [0.717, 1.165) is 5.92 Å². The Bertz CT molecular complexity index is 198. The Balaban J connectivity index is 2.40. The zero-order valence-corrected chi connectivity index (χ0v) is 11.2. The largest absolute Gasteiger partial charge is 0.403 e. The molecule has 1 aliphatic rings. The maximum absolute atomic E-state index is 2.65. The quantitative estimate of drug-likeness (QED) is 0.504. The van der Waals surface area contributed by atoms with Crippen molar-refractivity contribution in [3.05, 3.63) is 12.3 Å². The second-order valence-corrected chi connectivity index (χ2v) is 9.91. The van der Waals surface area contributed by atoms with Gasteiger partial charge in [0.15, 0.2) is 0 Å². The van der Waals surface area contributed by atoms with Crippen LogP contribution in [0.1, 0.15) is 33.1 Å². The van der Waals surface area contributed by atoms with E-state index in [4.69, 9.17) is 0 Å². The first-order valence-electron chi connectivity index (χ1n) is 5.99. The predicted molar refractivity (Wildman–Crippen MR) is 66.8 cm³/mol. The van der Waals surface area contributed by atoms with Gasteiger partial charge in [-0.25, -0.2) is 0 Å². The van der Waals surface area contributed by atoms with Crippen molar-refractivity contribution >= 4 is 8.24 Å². The first-order chi connectivity index (χ1) is 6.56. The average Bonchev–Trinajstić information content (AvgIpc) is 2.33. The van der Waals surface area contributed by atoms with E-state index >= 15 is 0 Å². The average molecular weight is 211 g/mol. The number of rotatable bonds is 4. The molecule has 0 aliphatic carbocycles. The minimum absolute atomic E-state index is 0.910. The molecule has 1 nitrogen and oxygen atoms in total. The summed E-state index contributed by atoms with van der Waals surface area (Å²) in [6.07, 6.45) is 8.65. The van der Waals surface area contributed by atoms with E-state index in [1.54, 1.807) is 0 Å². The highest BCUT2D eigenvalue weighted by Gasteiger charge is 2.36. The molecule has 1 atom stereocenters. The Morgan fingerprint density at radius 2 is 2.14 bits per heavy atom. The van der Waals surface area contributed by atoms with Crippen molar-refractivity contribution in [2.75, 3.05) is 6.54 Å². The molecule has 0 N–H and O–H groups in total. The predicted octanol–water partition coefficient (Wildman–Crippen LogP) is 3.85. The molecule has 1 unspecified atom stereocenters. The van der Waals surface area contributed by atoms with Gasteiger partial charge in [0.25, 0.3) is 0 Å². The molecule has 1 fully saturated rings. The summed E-state index contributed by atoms with van der Waals surface area (Å²) in [5.41, 5.74) is 0. The highest BCUT2D eigenvalue weighted by Crippen LogP contribution is 2.30. The zero-order chi connectivity index (χ0) is 10.6. The summed E-state index contributed by atoms with van der Waals surface area (Å²) < 4.78 is 2.65. The van der Waals surface area contributed by atoms with Crippen LogP contribution in [0.5, 0.6) is 0 Å². The molecule has 0 spiro atoms. The first kappa shape index (κ1) is 11.8. The Hall–Kier alpha value is -0.243. The van der Waals surface area contributed by atoms with Crippen LogP contribution in [0.25, 0.3) is 0 Å². The molecule has 1 aliphatic heterocycles. The summed E-state index contributed by atoms with van der Waals surface area (Å²) in [6, 6.07) is 1.46. The molecule has 1 rings (SSSR count). The fraction of sp³-hybridized carbons (Fsp3) is 0.833. The third kappa shape index (κ3) is 3.16. The van der Waals surface area contributed by atoms with Crippen LogP contribution < -0.4 is 0 Å². The van der Waals surface area contributed by atoms with E-state index in [1.165, 1.54) is 31.9 Å². The van der Waals surface area contributed by atoms with Gasteiger partial charge in [-0.15, -0.1) is 0 Å². The van der Waals surface area contributed by atoms with E-state index in [0.29, 0.717) is 0 Å². The Labute approximate surface area is 90.3 Å². The molecule has 0 aromatic heterocycles. The lowest BCUT2D eigenvalue weighted by Crippen LogP contribution is -2.38. The molecular weight excluding hydrogens is 186 g/mol. The summed E-state index contributed by atoms with van der Waals surface area (Å²) in [5, 5.41) is 0. The van der Waals surface area contributed by atoms with Crippen LogP contribution in [0.3, 0.4) is 0 Å². The Kier molecular flexibility index (Phi) is 4.23. The molecule has 1 saturated heterocycles. The molecule has 2 heteroatoms. The summed E-state index contributed by atoms with van der Waals surface area (Å²) in [6.45, 7) is 10.9. The summed E-state index contributed by atoms with van der Waals surface area (Å²) in [7, 11) is -1.05. The van der Waals surface area contributed by atoms with Gasteiger partial charge < -0.3 is 4.57 Å². The highest BCUT2D eigenvalue weighted by molar-refractivity contribution is 6.75.